The Labute approximate surface area is 158 Å². The molecule has 0 aliphatic carbocycles. The van der Waals surface area contributed by atoms with Crippen molar-refractivity contribution in [3.63, 3.8) is 0 Å². The minimum Gasteiger partial charge on any atom is -0.406 e. The number of amides is 2. The first-order chi connectivity index (χ1) is 13.3. The van der Waals surface area contributed by atoms with E-state index in [2.05, 4.69) is 15.0 Å². The zero-order valence-corrected chi connectivity index (χ0v) is 14.6. The summed E-state index contributed by atoms with van der Waals surface area (Å²) in [5.41, 5.74) is 6.64. The second-order valence-electron chi connectivity index (χ2n) is 5.95. The summed E-state index contributed by atoms with van der Waals surface area (Å²) >= 11 is 0. The molecule has 2 amide bonds. The second-order valence-corrected chi connectivity index (χ2v) is 5.95. The minimum absolute atomic E-state index is 0.355. The van der Waals surface area contributed by atoms with Crippen molar-refractivity contribution in [3.8, 4) is 11.4 Å². The Morgan fingerprint density at radius 1 is 1.18 bits per heavy atom. The molecule has 1 unspecified atom stereocenters. The number of carbonyl (C=O) groups excluding carboxylic acids is 1. The largest absolute Gasteiger partial charge is 0.573 e. The number of primary amides is 1. The van der Waals surface area contributed by atoms with Crippen LogP contribution in [-0.4, -0.2) is 21.9 Å². The number of nitrogens with zero attached hydrogens (tertiary/aromatic N) is 2. The molecular formula is C19H17F3N4O2. The maximum absolute atomic E-state index is 12.5. The van der Waals surface area contributed by atoms with Gasteiger partial charge in [-0.15, -0.1) is 13.2 Å². The predicted octanol–water partition coefficient (Wildman–Crippen LogP) is 3.72. The summed E-state index contributed by atoms with van der Waals surface area (Å²) in [4.78, 5) is 15.8. The Balaban J connectivity index is 1.94. The number of carbonyl (C=O) groups is 1. The lowest BCUT2D eigenvalue weighted by atomic mass is 10.1. The topological polar surface area (TPSA) is 82.2 Å². The van der Waals surface area contributed by atoms with Crippen LogP contribution in [0.5, 0.6) is 5.75 Å². The maximum Gasteiger partial charge on any atom is 0.573 e. The summed E-state index contributed by atoms with van der Waals surface area (Å²) in [5.74, 6) is 0.0685. The van der Waals surface area contributed by atoms with Crippen molar-refractivity contribution >= 4 is 6.03 Å². The minimum atomic E-state index is -4.79. The van der Waals surface area contributed by atoms with E-state index < -0.39 is 18.4 Å². The average molecular weight is 390 g/mol. The lowest BCUT2D eigenvalue weighted by Crippen LogP contribution is -2.35. The van der Waals surface area contributed by atoms with Gasteiger partial charge in [-0.25, -0.2) is 9.78 Å². The highest BCUT2D eigenvalue weighted by Crippen LogP contribution is 2.26. The van der Waals surface area contributed by atoms with Crippen molar-refractivity contribution in [2.24, 2.45) is 5.73 Å². The van der Waals surface area contributed by atoms with Gasteiger partial charge >= 0.3 is 12.4 Å². The van der Waals surface area contributed by atoms with Crippen LogP contribution in [0.4, 0.5) is 18.0 Å². The Morgan fingerprint density at radius 3 is 2.61 bits per heavy atom. The van der Waals surface area contributed by atoms with E-state index in [1.807, 2.05) is 30.3 Å². The van der Waals surface area contributed by atoms with Crippen molar-refractivity contribution < 1.29 is 22.7 Å². The number of benzene rings is 2. The zero-order chi connectivity index (χ0) is 20.1. The number of hydrogen-bond donors (Lipinski definition) is 2. The number of nitrogens with two attached hydrogens (primary N) is 1. The molecule has 0 bridgehead atoms. The summed E-state index contributed by atoms with van der Waals surface area (Å²) in [6, 6.07) is 13.6. The monoisotopic (exact) mass is 390 g/mol. The van der Waals surface area contributed by atoms with E-state index in [0.717, 1.165) is 5.56 Å². The number of halogens is 3. The van der Waals surface area contributed by atoms with E-state index in [4.69, 9.17) is 5.73 Å². The Morgan fingerprint density at radius 2 is 1.93 bits per heavy atom. The molecular weight excluding hydrogens is 373 g/mol. The number of imidazole rings is 1. The fourth-order valence-corrected chi connectivity index (χ4v) is 2.85. The number of rotatable bonds is 6. The quantitative estimate of drug-likeness (QED) is 0.673. The van der Waals surface area contributed by atoms with Gasteiger partial charge < -0.3 is 20.4 Å². The Bertz CT molecular complexity index is 942. The molecule has 0 saturated carbocycles. The van der Waals surface area contributed by atoms with E-state index in [-0.39, 0.29) is 5.75 Å². The van der Waals surface area contributed by atoms with Crippen LogP contribution in [-0.2, 0) is 6.42 Å². The highest BCUT2D eigenvalue weighted by molar-refractivity contribution is 5.72. The molecule has 1 aromatic heterocycles. The highest BCUT2D eigenvalue weighted by atomic mass is 19.4. The smallest absolute Gasteiger partial charge is 0.406 e. The number of ether oxygens (including phenoxy) is 1. The molecule has 6 nitrogen and oxygen atoms in total. The molecule has 2 aromatic carbocycles. The van der Waals surface area contributed by atoms with Gasteiger partial charge in [0, 0.05) is 18.5 Å². The maximum atomic E-state index is 12.5. The van der Waals surface area contributed by atoms with E-state index in [9.17, 15) is 18.0 Å². The molecule has 28 heavy (non-hydrogen) atoms. The van der Waals surface area contributed by atoms with E-state index in [1.165, 1.54) is 24.4 Å². The SMILES string of the molecule is NC(=O)NC(Cc1ccccc1)c1nccn1-c1cccc(OC(F)(F)F)c1. The first kappa shape index (κ1) is 19.3. The van der Waals surface area contributed by atoms with Crippen LogP contribution in [0.25, 0.3) is 5.69 Å². The zero-order valence-electron chi connectivity index (χ0n) is 14.6. The average Bonchev–Trinajstić information content (AvgIpc) is 3.10. The molecule has 3 aromatic rings. The fraction of sp³-hybridized carbons (Fsp3) is 0.158. The van der Waals surface area contributed by atoms with Gasteiger partial charge in [-0.2, -0.15) is 0 Å². The van der Waals surface area contributed by atoms with Crippen LogP contribution < -0.4 is 15.8 Å². The van der Waals surface area contributed by atoms with Crippen molar-refractivity contribution in [1.82, 2.24) is 14.9 Å². The van der Waals surface area contributed by atoms with Gasteiger partial charge in [0.2, 0.25) is 0 Å². The Kier molecular flexibility index (Phi) is 5.53. The number of nitrogens with one attached hydrogen (secondary N) is 1. The first-order valence-electron chi connectivity index (χ1n) is 8.31. The van der Waals surface area contributed by atoms with Gasteiger partial charge in [0.1, 0.15) is 11.6 Å². The van der Waals surface area contributed by atoms with Crippen LogP contribution >= 0.6 is 0 Å². The van der Waals surface area contributed by atoms with Crippen LogP contribution in [0.1, 0.15) is 17.4 Å². The van der Waals surface area contributed by atoms with Gasteiger partial charge in [-0.05, 0) is 24.1 Å². The standard InChI is InChI=1S/C19H17F3N4O2/c20-19(21,22)28-15-8-4-7-14(12-15)26-10-9-24-17(26)16(25-18(23)27)11-13-5-2-1-3-6-13/h1-10,12,16H,11H2,(H3,23,25,27). The third kappa shape index (κ3) is 5.03. The van der Waals surface area contributed by atoms with Crippen LogP contribution in [0.15, 0.2) is 67.0 Å². The summed E-state index contributed by atoms with van der Waals surface area (Å²) < 4.78 is 43.1. The molecule has 3 rings (SSSR count). The van der Waals surface area contributed by atoms with E-state index in [1.54, 1.807) is 16.8 Å². The lowest BCUT2D eigenvalue weighted by Gasteiger charge is -2.19. The number of aromatic nitrogens is 2. The molecule has 0 radical (unpaired) electrons. The molecule has 0 aliphatic heterocycles. The second kappa shape index (κ2) is 8.03. The van der Waals surface area contributed by atoms with Crippen LogP contribution in [0.3, 0.4) is 0 Å². The third-order valence-corrected chi connectivity index (χ3v) is 3.91. The number of alkyl halides is 3. The van der Waals surface area contributed by atoms with E-state index >= 15 is 0 Å². The van der Waals surface area contributed by atoms with Crippen molar-refractivity contribution in [1.29, 1.82) is 0 Å². The predicted molar refractivity (Wildman–Crippen MR) is 95.9 cm³/mol. The van der Waals surface area contributed by atoms with Crippen molar-refractivity contribution in [2.75, 3.05) is 0 Å². The van der Waals surface area contributed by atoms with Crippen LogP contribution in [0, 0.1) is 0 Å². The summed E-state index contributed by atoms with van der Waals surface area (Å²) in [7, 11) is 0. The summed E-state index contributed by atoms with van der Waals surface area (Å²) in [6.07, 6.45) is -1.31. The molecule has 1 atom stereocenters. The molecule has 1 heterocycles. The number of hydrogen-bond acceptors (Lipinski definition) is 3. The van der Waals surface area contributed by atoms with E-state index in [0.29, 0.717) is 17.9 Å². The highest BCUT2D eigenvalue weighted by Gasteiger charge is 2.31. The number of urea groups is 1. The molecule has 9 heteroatoms. The van der Waals surface area contributed by atoms with Crippen LogP contribution in [0.2, 0.25) is 0 Å². The first-order valence-corrected chi connectivity index (χ1v) is 8.31. The van der Waals surface area contributed by atoms with Gasteiger partial charge in [-0.1, -0.05) is 36.4 Å². The molecule has 3 N–H and O–H groups in total. The third-order valence-electron chi connectivity index (χ3n) is 3.91. The summed E-state index contributed by atoms with van der Waals surface area (Å²) in [5, 5.41) is 2.64. The normalized spacial score (nSPS) is 12.4. The molecule has 146 valence electrons. The summed E-state index contributed by atoms with van der Waals surface area (Å²) in [6.45, 7) is 0. The van der Waals surface area contributed by atoms with Crippen molar-refractivity contribution in [2.45, 2.75) is 18.8 Å². The van der Waals surface area contributed by atoms with Crippen molar-refractivity contribution in [3.05, 3.63) is 78.4 Å². The molecule has 0 aliphatic rings. The van der Waals surface area contributed by atoms with Gasteiger partial charge in [0.05, 0.1) is 11.7 Å². The fourth-order valence-electron chi connectivity index (χ4n) is 2.85. The Hall–Kier alpha value is -3.49. The van der Waals surface area contributed by atoms with Gasteiger partial charge in [-0.3, -0.25) is 0 Å². The molecule has 0 fully saturated rings. The molecule has 0 saturated heterocycles. The van der Waals surface area contributed by atoms with Gasteiger partial charge in [0.25, 0.3) is 0 Å². The van der Waals surface area contributed by atoms with Gasteiger partial charge in [0.15, 0.2) is 0 Å². The molecule has 0 spiro atoms. The lowest BCUT2D eigenvalue weighted by molar-refractivity contribution is -0.274.